The fourth-order valence-electron chi connectivity index (χ4n) is 2.30. The molecule has 0 aromatic carbocycles. The van der Waals surface area contributed by atoms with E-state index in [9.17, 15) is 4.39 Å². The molecule has 5 heteroatoms. The maximum atomic E-state index is 13.6. The monoisotopic (exact) mass is 320 g/mol. The Balaban J connectivity index is 2.01. The van der Waals surface area contributed by atoms with Gasteiger partial charge in [-0.15, -0.1) is 11.6 Å². The quantitative estimate of drug-likeness (QED) is 0.841. The minimum atomic E-state index is -0.331. The van der Waals surface area contributed by atoms with Crippen LogP contribution >= 0.6 is 27.5 Å². The molecule has 0 radical (unpaired) electrons. The van der Waals surface area contributed by atoms with E-state index in [1.54, 1.807) is 6.20 Å². The zero-order valence-corrected chi connectivity index (χ0v) is 11.8. The Labute approximate surface area is 114 Å². The second-order valence-electron chi connectivity index (χ2n) is 4.68. The first-order valence-corrected chi connectivity index (χ1v) is 7.09. The lowest BCUT2D eigenvalue weighted by Gasteiger charge is -2.26. The molecule has 1 heterocycles. The zero-order chi connectivity index (χ0) is 12.3. The number of hydrogen-bond donors (Lipinski definition) is 1. The Hall–Kier alpha value is -0.350. The molecule has 2 nitrogen and oxygen atoms in total. The van der Waals surface area contributed by atoms with Gasteiger partial charge in [0.05, 0.1) is 0 Å². The van der Waals surface area contributed by atoms with Crippen LogP contribution in [0.25, 0.3) is 0 Å². The summed E-state index contributed by atoms with van der Waals surface area (Å²) in [5.74, 6) is 0.602. The summed E-state index contributed by atoms with van der Waals surface area (Å²) in [5.41, 5.74) is 0.114. The molecular formula is C12H15BrClFN2. The molecule has 1 fully saturated rings. The van der Waals surface area contributed by atoms with E-state index in [-0.39, 0.29) is 11.2 Å². The van der Waals surface area contributed by atoms with Crippen molar-refractivity contribution in [1.29, 1.82) is 0 Å². The van der Waals surface area contributed by atoms with E-state index in [0.717, 1.165) is 12.8 Å². The number of aromatic nitrogens is 1. The summed E-state index contributed by atoms with van der Waals surface area (Å²) in [6.45, 7) is 0.696. The molecule has 0 spiro atoms. The molecule has 94 valence electrons. The standard InChI is InChI=1S/C12H15BrClFN2/c13-9-5-10(15)11(16-6-9)17-8-12(7-14)3-1-2-4-12/h5-6H,1-4,7-8H2,(H,16,17). The molecule has 1 aromatic rings. The number of nitrogens with zero attached hydrogens (tertiary/aromatic N) is 1. The molecule has 0 aliphatic heterocycles. The minimum Gasteiger partial charge on any atom is -0.367 e. The van der Waals surface area contributed by atoms with E-state index in [1.165, 1.54) is 18.9 Å². The maximum Gasteiger partial charge on any atom is 0.166 e. The van der Waals surface area contributed by atoms with Gasteiger partial charge in [-0.05, 0) is 34.8 Å². The summed E-state index contributed by atoms with van der Waals surface area (Å²) in [6.07, 6.45) is 6.24. The Kier molecular flexibility index (Phi) is 4.26. The largest absolute Gasteiger partial charge is 0.367 e. The molecule has 0 amide bonds. The fraction of sp³-hybridized carbons (Fsp3) is 0.583. The minimum absolute atomic E-state index is 0.114. The highest BCUT2D eigenvalue weighted by Crippen LogP contribution is 2.39. The lowest BCUT2D eigenvalue weighted by Crippen LogP contribution is -2.29. The van der Waals surface area contributed by atoms with Gasteiger partial charge in [-0.2, -0.15) is 0 Å². The number of pyridine rings is 1. The lowest BCUT2D eigenvalue weighted by molar-refractivity contribution is 0.367. The topological polar surface area (TPSA) is 24.9 Å². The van der Waals surface area contributed by atoms with Crippen LogP contribution in [0.1, 0.15) is 25.7 Å². The summed E-state index contributed by atoms with van der Waals surface area (Å²) in [6, 6.07) is 1.41. The molecule has 2 rings (SSSR count). The predicted molar refractivity (Wildman–Crippen MR) is 72.0 cm³/mol. The average Bonchev–Trinajstić information content (AvgIpc) is 2.77. The summed E-state index contributed by atoms with van der Waals surface area (Å²) >= 11 is 9.22. The molecule has 1 saturated carbocycles. The normalized spacial score (nSPS) is 18.3. The third-order valence-electron chi connectivity index (χ3n) is 3.39. The molecule has 0 bridgehead atoms. The number of halogens is 3. The van der Waals surface area contributed by atoms with Crippen molar-refractivity contribution < 1.29 is 4.39 Å². The van der Waals surface area contributed by atoms with Crippen molar-refractivity contribution in [3.63, 3.8) is 0 Å². The number of alkyl halides is 1. The molecular weight excluding hydrogens is 307 g/mol. The van der Waals surface area contributed by atoms with Gasteiger partial charge in [0.15, 0.2) is 11.6 Å². The molecule has 0 saturated heterocycles. The van der Waals surface area contributed by atoms with Gasteiger partial charge in [-0.1, -0.05) is 12.8 Å². The van der Waals surface area contributed by atoms with Crippen molar-refractivity contribution in [1.82, 2.24) is 4.98 Å². The van der Waals surface area contributed by atoms with Crippen molar-refractivity contribution in [3.8, 4) is 0 Å². The van der Waals surface area contributed by atoms with Crippen LogP contribution in [0.4, 0.5) is 10.2 Å². The van der Waals surface area contributed by atoms with Crippen molar-refractivity contribution in [2.24, 2.45) is 5.41 Å². The van der Waals surface area contributed by atoms with E-state index >= 15 is 0 Å². The highest BCUT2D eigenvalue weighted by molar-refractivity contribution is 9.10. The molecule has 17 heavy (non-hydrogen) atoms. The number of anilines is 1. The molecule has 1 aliphatic rings. The van der Waals surface area contributed by atoms with Crippen LogP contribution in [0.5, 0.6) is 0 Å². The third kappa shape index (κ3) is 3.10. The van der Waals surface area contributed by atoms with Crippen molar-refractivity contribution in [2.45, 2.75) is 25.7 Å². The van der Waals surface area contributed by atoms with Crippen molar-refractivity contribution in [3.05, 3.63) is 22.6 Å². The van der Waals surface area contributed by atoms with Crippen LogP contribution in [0, 0.1) is 11.2 Å². The van der Waals surface area contributed by atoms with Crippen LogP contribution in [-0.4, -0.2) is 17.4 Å². The summed E-state index contributed by atoms with van der Waals surface area (Å²) in [4.78, 5) is 4.03. The second-order valence-corrected chi connectivity index (χ2v) is 5.86. The van der Waals surface area contributed by atoms with Gasteiger partial charge in [0.1, 0.15) is 0 Å². The third-order valence-corrected chi connectivity index (χ3v) is 4.39. The van der Waals surface area contributed by atoms with E-state index in [2.05, 4.69) is 26.2 Å². The molecule has 1 aromatic heterocycles. The maximum absolute atomic E-state index is 13.6. The van der Waals surface area contributed by atoms with Crippen LogP contribution in [-0.2, 0) is 0 Å². The zero-order valence-electron chi connectivity index (χ0n) is 9.48. The van der Waals surface area contributed by atoms with E-state index in [4.69, 9.17) is 11.6 Å². The van der Waals surface area contributed by atoms with Gasteiger partial charge < -0.3 is 5.32 Å². The van der Waals surface area contributed by atoms with Gasteiger partial charge in [0.25, 0.3) is 0 Å². The van der Waals surface area contributed by atoms with Crippen molar-refractivity contribution in [2.75, 3.05) is 17.7 Å². The van der Waals surface area contributed by atoms with Crippen LogP contribution < -0.4 is 5.32 Å². The summed E-state index contributed by atoms with van der Waals surface area (Å²) in [7, 11) is 0. The molecule has 0 unspecified atom stereocenters. The van der Waals surface area contributed by atoms with Gasteiger partial charge in [-0.3, -0.25) is 0 Å². The predicted octanol–water partition coefficient (Wildman–Crippen LogP) is 4.19. The molecule has 1 aliphatic carbocycles. The second kappa shape index (κ2) is 5.53. The fourth-order valence-corrected chi connectivity index (χ4v) is 2.96. The van der Waals surface area contributed by atoms with Gasteiger partial charge >= 0.3 is 0 Å². The first-order valence-electron chi connectivity index (χ1n) is 5.76. The smallest absolute Gasteiger partial charge is 0.166 e. The van der Waals surface area contributed by atoms with Crippen LogP contribution in [0.15, 0.2) is 16.7 Å². The summed E-state index contributed by atoms with van der Waals surface area (Å²) in [5, 5.41) is 3.08. The Morgan fingerprint density at radius 2 is 2.18 bits per heavy atom. The van der Waals surface area contributed by atoms with Gasteiger partial charge in [0, 0.05) is 28.5 Å². The number of hydrogen-bond acceptors (Lipinski definition) is 2. The SMILES string of the molecule is Fc1cc(Br)cnc1NCC1(CCl)CCCC1. The highest BCUT2D eigenvalue weighted by Gasteiger charge is 2.33. The van der Waals surface area contributed by atoms with Crippen LogP contribution in [0.3, 0.4) is 0 Å². The van der Waals surface area contributed by atoms with E-state index in [1.807, 2.05) is 0 Å². The van der Waals surface area contributed by atoms with Crippen LogP contribution in [0.2, 0.25) is 0 Å². The van der Waals surface area contributed by atoms with Crippen molar-refractivity contribution >= 4 is 33.3 Å². The van der Waals surface area contributed by atoms with E-state index in [0.29, 0.717) is 22.7 Å². The Morgan fingerprint density at radius 3 is 2.76 bits per heavy atom. The Bertz CT molecular complexity index is 394. The first-order chi connectivity index (χ1) is 8.15. The first kappa shape index (κ1) is 13.1. The van der Waals surface area contributed by atoms with Gasteiger partial charge in [0.2, 0.25) is 0 Å². The highest BCUT2D eigenvalue weighted by atomic mass is 79.9. The molecule has 1 N–H and O–H groups in total. The lowest BCUT2D eigenvalue weighted by atomic mass is 9.88. The molecule has 0 atom stereocenters. The number of rotatable bonds is 4. The van der Waals surface area contributed by atoms with E-state index < -0.39 is 0 Å². The average molecular weight is 322 g/mol. The Morgan fingerprint density at radius 1 is 1.47 bits per heavy atom. The number of nitrogens with one attached hydrogen (secondary N) is 1. The van der Waals surface area contributed by atoms with Gasteiger partial charge in [-0.25, -0.2) is 9.37 Å². The summed E-state index contributed by atoms with van der Waals surface area (Å²) < 4.78 is 14.2.